The Labute approximate surface area is 233 Å². The maximum Gasteiger partial charge on any atom is 0.240 e. The van der Waals surface area contributed by atoms with Crippen LogP contribution in [0.3, 0.4) is 0 Å². The summed E-state index contributed by atoms with van der Waals surface area (Å²) in [6.45, 7) is 9.42. The molecule has 208 valence electrons. The van der Waals surface area contributed by atoms with Gasteiger partial charge in [0.2, 0.25) is 5.91 Å². The summed E-state index contributed by atoms with van der Waals surface area (Å²) in [5.41, 5.74) is 16.9. The molecule has 0 radical (unpaired) electrons. The van der Waals surface area contributed by atoms with E-state index in [0.717, 1.165) is 37.9 Å². The summed E-state index contributed by atoms with van der Waals surface area (Å²) in [4.78, 5) is 18.2. The molecule has 1 saturated heterocycles. The van der Waals surface area contributed by atoms with Crippen LogP contribution in [-0.4, -0.2) is 66.0 Å². The maximum absolute atomic E-state index is 13.7. The fourth-order valence-electron chi connectivity index (χ4n) is 5.77. The van der Waals surface area contributed by atoms with Crippen LogP contribution in [0.25, 0.3) is 10.8 Å². The van der Waals surface area contributed by atoms with Gasteiger partial charge in [0.1, 0.15) is 0 Å². The average molecular weight is 529 g/mol. The minimum atomic E-state index is -0.569. The van der Waals surface area contributed by atoms with E-state index in [-0.39, 0.29) is 24.0 Å². The molecule has 1 heterocycles. The van der Waals surface area contributed by atoms with Gasteiger partial charge in [0.15, 0.2) is 5.96 Å². The number of nitrogens with one attached hydrogen (secondary N) is 2. The van der Waals surface area contributed by atoms with Crippen molar-refractivity contribution in [3.8, 4) is 0 Å². The fraction of sp³-hybridized carbons (Fsp3) is 0.438. The largest absolute Gasteiger partial charge is 0.370 e. The molecule has 3 atom stereocenters. The van der Waals surface area contributed by atoms with Gasteiger partial charge >= 0.3 is 0 Å². The molecule has 1 fully saturated rings. The molecule has 1 aliphatic rings. The second-order valence-corrected chi connectivity index (χ2v) is 11.1. The summed E-state index contributed by atoms with van der Waals surface area (Å²) in [7, 11) is 0. The number of nitrogens with zero attached hydrogens (tertiary/aromatic N) is 2. The number of carbonyl (C=O) groups excluding carboxylic acids is 1. The predicted molar refractivity (Wildman–Crippen MR) is 161 cm³/mol. The summed E-state index contributed by atoms with van der Waals surface area (Å²) >= 11 is 0. The van der Waals surface area contributed by atoms with E-state index in [1.54, 1.807) is 0 Å². The van der Waals surface area contributed by atoms with Crippen LogP contribution in [0, 0.1) is 19.3 Å². The number of hydrogen-bond acceptors (Lipinski definition) is 4. The van der Waals surface area contributed by atoms with Gasteiger partial charge in [-0.3, -0.25) is 15.1 Å². The average Bonchev–Trinajstić information content (AvgIpc) is 2.91. The first-order chi connectivity index (χ1) is 18.7. The third-order valence-electron chi connectivity index (χ3n) is 8.04. The van der Waals surface area contributed by atoms with Gasteiger partial charge in [-0.2, -0.15) is 0 Å². The van der Waals surface area contributed by atoms with E-state index in [9.17, 15) is 4.79 Å². The summed E-state index contributed by atoms with van der Waals surface area (Å²) in [6.07, 6.45) is 3.17. The van der Waals surface area contributed by atoms with Crippen LogP contribution in [0.2, 0.25) is 0 Å². The topological polar surface area (TPSA) is 111 Å². The second-order valence-electron chi connectivity index (χ2n) is 11.1. The highest BCUT2D eigenvalue weighted by Gasteiger charge is 2.35. The number of nitrogens with two attached hydrogens (primary N) is 2. The molecule has 3 aromatic rings. The molecule has 0 aromatic heterocycles. The molecule has 0 spiro atoms. The van der Waals surface area contributed by atoms with E-state index >= 15 is 0 Å². The number of guanidine groups is 1. The van der Waals surface area contributed by atoms with Crippen molar-refractivity contribution >= 4 is 22.6 Å². The summed E-state index contributed by atoms with van der Waals surface area (Å²) in [5, 5.41) is 12.9. The zero-order chi connectivity index (χ0) is 27.9. The molecule has 7 heteroatoms. The first-order valence-electron chi connectivity index (χ1n) is 14.1. The highest BCUT2D eigenvalue weighted by molar-refractivity contribution is 5.83. The lowest BCUT2D eigenvalue weighted by molar-refractivity contribution is -0.139. The molecule has 0 aliphatic carbocycles. The quantitative estimate of drug-likeness (QED) is 0.182. The van der Waals surface area contributed by atoms with Crippen molar-refractivity contribution in [1.29, 1.82) is 5.41 Å². The lowest BCUT2D eigenvalue weighted by Gasteiger charge is -2.46. The number of fused-ring (bicyclic) bond motifs is 1. The van der Waals surface area contributed by atoms with Crippen molar-refractivity contribution in [2.24, 2.45) is 11.5 Å². The number of carbonyl (C=O) groups is 1. The first-order valence-corrected chi connectivity index (χ1v) is 14.1. The highest BCUT2D eigenvalue weighted by Crippen LogP contribution is 2.23. The summed E-state index contributed by atoms with van der Waals surface area (Å²) in [6, 6.07) is 21.3. The molecule has 4 rings (SSSR count). The van der Waals surface area contributed by atoms with Gasteiger partial charge in [0.05, 0.1) is 6.04 Å². The third kappa shape index (κ3) is 7.58. The Bertz CT molecular complexity index is 1290. The van der Waals surface area contributed by atoms with Crippen molar-refractivity contribution in [2.75, 3.05) is 26.2 Å². The van der Waals surface area contributed by atoms with Crippen LogP contribution in [0.1, 0.15) is 42.0 Å². The summed E-state index contributed by atoms with van der Waals surface area (Å²) in [5.74, 6) is 0.00762. The molecule has 7 nitrogen and oxygen atoms in total. The molecule has 1 amide bonds. The fourth-order valence-corrected chi connectivity index (χ4v) is 5.77. The zero-order valence-electron chi connectivity index (χ0n) is 23.6. The monoisotopic (exact) mass is 528 g/mol. The van der Waals surface area contributed by atoms with E-state index in [0.29, 0.717) is 19.5 Å². The van der Waals surface area contributed by atoms with Crippen molar-refractivity contribution in [1.82, 2.24) is 15.1 Å². The molecule has 3 aromatic carbocycles. The van der Waals surface area contributed by atoms with E-state index in [4.69, 9.17) is 16.9 Å². The molecular formula is C32H44N6O. The number of benzene rings is 3. The van der Waals surface area contributed by atoms with Crippen LogP contribution in [0.5, 0.6) is 0 Å². The smallest absolute Gasteiger partial charge is 0.240 e. The van der Waals surface area contributed by atoms with E-state index in [2.05, 4.69) is 91.7 Å². The van der Waals surface area contributed by atoms with Crippen molar-refractivity contribution in [3.63, 3.8) is 0 Å². The highest BCUT2D eigenvalue weighted by atomic mass is 16.2. The number of rotatable bonds is 10. The lowest BCUT2D eigenvalue weighted by atomic mass is 9.96. The van der Waals surface area contributed by atoms with Gasteiger partial charge in [-0.1, -0.05) is 66.2 Å². The minimum Gasteiger partial charge on any atom is -0.370 e. The minimum absolute atomic E-state index is 0.0206. The van der Waals surface area contributed by atoms with Crippen LogP contribution < -0.4 is 16.8 Å². The van der Waals surface area contributed by atoms with Gasteiger partial charge < -0.3 is 21.7 Å². The molecule has 0 bridgehead atoms. The number of piperazine rings is 1. The SMILES string of the molecule is Cc1ccc(C[C@@H](N)C(=O)N2C[C@@H](C)N(CCc3ccc4ccccc4c3)C[C@@H]2CCCNC(=N)N)c(C)c1. The number of hydrogen-bond donors (Lipinski definition) is 4. The van der Waals surface area contributed by atoms with Crippen LogP contribution in [-0.2, 0) is 17.6 Å². The Balaban J connectivity index is 1.43. The van der Waals surface area contributed by atoms with Crippen molar-refractivity contribution in [3.05, 3.63) is 82.9 Å². The van der Waals surface area contributed by atoms with Crippen molar-refractivity contribution < 1.29 is 4.79 Å². The third-order valence-corrected chi connectivity index (χ3v) is 8.04. The lowest BCUT2D eigenvalue weighted by Crippen LogP contribution is -2.62. The van der Waals surface area contributed by atoms with Crippen LogP contribution >= 0.6 is 0 Å². The van der Waals surface area contributed by atoms with E-state index in [1.807, 2.05) is 4.90 Å². The van der Waals surface area contributed by atoms with Gasteiger partial charge in [-0.05, 0) is 73.9 Å². The maximum atomic E-state index is 13.7. The predicted octanol–water partition coefficient (Wildman–Crippen LogP) is 3.73. The van der Waals surface area contributed by atoms with Gasteiger partial charge in [-0.25, -0.2) is 0 Å². The number of aryl methyl sites for hydroxylation is 2. The number of amides is 1. The van der Waals surface area contributed by atoms with Crippen molar-refractivity contribution in [2.45, 2.75) is 64.6 Å². The van der Waals surface area contributed by atoms with Crippen LogP contribution in [0.4, 0.5) is 0 Å². The Morgan fingerprint density at radius 3 is 2.59 bits per heavy atom. The molecule has 39 heavy (non-hydrogen) atoms. The Morgan fingerprint density at radius 2 is 1.85 bits per heavy atom. The van der Waals surface area contributed by atoms with Gasteiger partial charge in [0.25, 0.3) is 0 Å². The van der Waals surface area contributed by atoms with E-state index < -0.39 is 6.04 Å². The normalized spacial score (nSPS) is 18.7. The summed E-state index contributed by atoms with van der Waals surface area (Å²) < 4.78 is 0. The zero-order valence-corrected chi connectivity index (χ0v) is 23.6. The molecular weight excluding hydrogens is 484 g/mol. The Hall–Kier alpha value is -3.42. The second kappa shape index (κ2) is 13.1. The first kappa shape index (κ1) is 28.6. The molecule has 0 saturated carbocycles. The Morgan fingerprint density at radius 1 is 1.08 bits per heavy atom. The van der Waals surface area contributed by atoms with E-state index in [1.165, 1.54) is 27.5 Å². The van der Waals surface area contributed by atoms with Gasteiger partial charge in [-0.15, -0.1) is 0 Å². The molecule has 0 unspecified atom stereocenters. The molecule has 1 aliphatic heterocycles. The van der Waals surface area contributed by atoms with Crippen LogP contribution in [0.15, 0.2) is 60.7 Å². The standard InChI is InChI=1S/C32H44N6O/c1-22-10-12-27(23(2)17-22)19-30(33)31(39)38-20-24(3)37(21-29(38)9-6-15-36-32(34)35)16-14-25-11-13-26-7-4-5-8-28(26)18-25/h4-5,7-8,10-13,17-18,24,29-30H,6,9,14-16,19-21,33H2,1-3H3,(H4,34,35,36)/t24-,29+,30-/m1/s1. The van der Waals surface area contributed by atoms with Gasteiger partial charge in [0, 0.05) is 38.3 Å². The Kier molecular flexibility index (Phi) is 9.59. The molecule has 6 N–H and O–H groups in total.